The van der Waals surface area contributed by atoms with E-state index in [0.717, 1.165) is 5.56 Å². The van der Waals surface area contributed by atoms with E-state index in [2.05, 4.69) is 6.58 Å². The Kier molecular flexibility index (Phi) is 3.66. The lowest BCUT2D eigenvalue weighted by molar-refractivity contribution is 0.265. The molecule has 0 radical (unpaired) electrons. The van der Waals surface area contributed by atoms with Crippen molar-refractivity contribution in [3.05, 3.63) is 54.1 Å². The van der Waals surface area contributed by atoms with Gasteiger partial charge in [0.15, 0.2) is 0 Å². The van der Waals surface area contributed by atoms with Gasteiger partial charge in [-0.2, -0.15) is 5.26 Å². The van der Waals surface area contributed by atoms with Crippen LogP contribution in [-0.2, 0) is 0 Å². The van der Waals surface area contributed by atoms with Crippen LogP contribution in [0, 0.1) is 11.3 Å². The number of benzene rings is 1. The Hall–Kier alpha value is -1.85. The third-order valence-corrected chi connectivity index (χ3v) is 1.77. The number of rotatable bonds is 3. The first-order chi connectivity index (χ1) is 6.74. The molecule has 0 aliphatic rings. The average molecular weight is 185 g/mol. The van der Waals surface area contributed by atoms with Crippen LogP contribution in [0.15, 0.2) is 48.6 Å². The summed E-state index contributed by atoms with van der Waals surface area (Å²) in [5.74, 6) is 0. The van der Waals surface area contributed by atoms with Crippen molar-refractivity contribution in [2.45, 2.75) is 6.10 Å². The van der Waals surface area contributed by atoms with E-state index in [9.17, 15) is 5.11 Å². The zero-order chi connectivity index (χ0) is 10.4. The lowest BCUT2D eigenvalue weighted by Crippen LogP contribution is -2.02. The fraction of sp³-hybridized carbons (Fsp3) is 0.0833. The Bertz CT molecular complexity index is 373. The standard InChI is InChI=1S/C12H11NO/c1-10(9-13)12(14)8-7-11-5-3-2-4-6-11/h2-8,12,14H,1H2/b8-7+/t12-/m0/s1. The molecule has 0 heterocycles. The van der Waals surface area contributed by atoms with Crippen molar-refractivity contribution >= 4 is 6.08 Å². The molecular weight excluding hydrogens is 174 g/mol. The summed E-state index contributed by atoms with van der Waals surface area (Å²) < 4.78 is 0. The van der Waals surface area contributed by atoms with Crippen LogP contribution in [0.25, 0.3) is 6.08 Å². The van der Waals surface area contributed by atoms with E-state index in [4.69, 9.17) is 5.26 Å². The van der Waals surface area contributed by atoms with Gasteiger partial charge >= 0.3 is 0 Å². The van der Waals surface area contributed by atoms with Gasteiger partial charge in [0.25, 0.3) is 0 Å². The molecule has 0 aromatic heterocycles. The summed E-state index contributed by atoms with van der Waals surface area (Å²) in [5, 5.41) is 17.8. The van der Waals surface area contributed by atoms with E-state index in [1.54, 1.807) is 18.2 Å². The maximum Gasteiger partial charge on any atom is 0.107 e. The van der Waals surface area contributed by atoms with Crippen LogP contribution in [0.3, 0.4) is 0 Å². The van der Waals surface area contributed by atoms with Crippen LogP contribution in [-0.4, -0.2) is 11.2 Å². The summed E-state index contributed by atoms with van der Waals surface area (Å²) in [6.45, 7) is 3.42. The molecule has 1 aromatic carbocycles. The Labute approximate surface area is 83.4 Å². The highest BCUT2D eigenvalue weighted by molar-refractivity contribution is 5.50. The Morgan fingerprint density at radius 1 is 1.43 bits per heavy atom. The first kappa shape index (κ1) is 10.2. The van der Waals surface area contributed by atoms with Gasteiger partial charge in [0.1, 0.15) is 6.10 Å². The summed E-state index contributed by atoms with van der Waals surface area (Å²) >= 11 is 0. The molecule has 1 aromatic rings. The first-order valence-corrected chi connectivity index (χ1v) is 4.24. The van der Waals surface area contributed by atoms with Crippen molar-refractivity contribution in [3.8, 4) is 6.07 Å². The van der Waals surface area contributed by atoms with Crippen LogP contribution in [0.4, 0.5) is 0 Å². The van der Waals surface area contributed by atoms with Crippen molar-refractivity contribution in [2.24, 2.45) is 0 Å². The van der Waals surface area contributed by atoms with Gasteiger partial charge in [0.05, 0.1) is 11.6 Å². The summed E-state index contributed by atoms with van der Waals surface area (Å²) in [5.41, 5.74) is 1.13. The summed E-state index contributed by atoms with van der Waals surface area (Å²) in [6.07, 6.45) is 2.41. The maximum absolute atomic E-state index is 9.37. The quantitative estimate of drug-likeness (QED) is 0.733. The summed E-state index contributed by atoms with van der Waals surface area (Å²) in [4.78, 5) is 0. The molecule has 0 saturated heterocycles. The van der Waals surface area contributed by atoms with E-state index >= 15 is 0 Å². The minimum atomic E-state index is -0.889. The molecule has 0 fully saturated rings. The van der Waals surface area contributed by atoms with Gasteiger partial charge < -0.3 is 5.11 Å². The number of hydrogen-bond acceptors (Lipinski definition) is 2. The second-order valence-corrected chi connectivity index (χ2v) is 2.85. The van der Waals surface area contributed by atoms with Crippen molar-refractivity contribution in [2.75, 3.05) is 0 Å². The second-order valence-electron chi connectivity index (χ2n) is 2.85. The van der Waals surface area contributed by atoms with Gasteiger partial charge in [-0.25, -0.2) is 0 Å². The molecule has 0 saturated carbocycles. The predicted octanol–water partition coefficient (Wildman–Crippen LogP) is 2.14. The zero-order valence-corrected chi connectivity index (χ0v) is 7.72. The van der Waals surface area contributed by atoms with Crippen molar-refractivity contribution in [1.82, 2.24) is 0 Å². The molecule has 1 rings (SSSR count). The van der Waals surface area contributed by atoms with Gasteiger partial charge in [-0.15, -0.1) is 0 Å². The highest BCUT2D eigenvalue weighted by atomic mass is 16.3. The van der Waals surface area contributed by atoms with Gasteiger partial charge in [-0.1, -0.05) is 49.1 Å². The highest BCUT2D eigenvalue weighted by Gasteiger charge is 2.01. The summed E-state index contributed by atoms with van der Waals surface area (Å²) in [6, 6.07) is 11.4. The third kappa shape index (κ3) is 2.89. The molecule has 1 atom stereocenters. The molecule has 2 heteroatoms. The molecule has 0 aliphatic carbocycles. The monoisotopic (exact) mass is 185 g/mol. The Morgan fingerprint density at radius 2 is 2.07 bits per heavy atom. The zero-order valence-electron chi connectivity index (χ0n) is 7.72. The summed E-state index contributed by atoms with van der Waals surface area (Å²) in [7, 11) is 0. The number of aliphatic hydroxyl groups is 1. The van der Waals surface area contributed by atoms with Gasteiger partial charge in [-0.05, 0) is 5.56 Å². The van der Waals surface area contributed by atoms with Crippen LogP contribution in [0.5, 0.6) is 0 Å². The van der Waals surface area contributed by atoms with Crippen LogP contribution in [0.2, 0.25) is 0 Å². The number of hydrogen-bond donors (Lipinski definition) is 1. The minimum Gasteiger partial charge on any atom is -0.384 e. The second kappa shape index (κ2) is 5.00. The maximum atomic E-state index is 9.37. The number of nitriles is 1. The van der Waals surface area contributed by atoms with Gasteiger partial charge in [0.2, 0.25) is 0 Å². The third-order valence-electron chi connectivity index (χ3n) is 1.77. The van der Waals surface area contributed by atoms with E-state index in [1.807, 2.05) is 30.3 Å². The molecule has 2 nitrogen and oxygen atoms in total. The normalized spacial score (nSPS) is 12.3. The van der Waals surface area contributed by atoms with Gasteiger partial charge in [0, 0.05) is 0 Å². The Morgan fingerprint density at radius 3 is 2.64 bits per heavy atom. The van der Waals surface area contributed by atoms with Crippen LogP contribution >= 0.6 is 0 Å². The van der Waals surface area contributed by atoms with Crippen molar-refractivity contribution in [1.29, 1.82) is 5.26 Å². The first-order valence-electron chi connectivity index (χ1n) is 4.24. The van der Waals surface area contributed by atoms with Crippen LogP contribution in [0.1, 0.15) is 5.56 Å². The number of nitrogens with zero attached hydrogens (tertiary/aromatic N) is 1. The van der Waals surface area contributed by atoms with E-state index in [1.165, 1.54) is 0 Å². The smallest absolute Gasteiger partial charge is 0.107 e. The molecule has 0 unspecified atom stereocenters. The van der Waals surface area contributed by atoms with E-state index in [0.29, 0.717) is 0 Å². The van der Waals surface area contributed by atoms with E-state index in [-0.39, 0.29) is 5.57 Å². The molecule has 70 valence electrons. The SMILES string of the molecule is C=C(C#N)[C@@H](O)/C=C/c1ccccc1. The molecule has 0 amide bonds. The minimum absolute atomic E-state index is 0.150. The molecule has 0 bridgehead atoms. The fourth-order valence-corrected chi connectivity index (χ4v) is 0.949. The van der Waals surface area contributed by atoms with Gasteiger partial charge in [-0.3, -0.25) is 0 Å². The molecule has 0 aliphatic heterocycles. The topological polar surface area (TPSA) is 44.0 Å². The average Bonchev–Trinajstić information content (AvgIpc) is 2.26. The Balaban J connectivity index is 2.66. The largest absolute Gasteiger partial charge is 0.384 e. The lowest BCUT2D eigenvalue weighted by atomic mass is 10.1. The number of aliphatic hydroxyl groups excluding tert-OH is 1. The predicted molar refractivity (Wildman–Crippen MR) is 56.2 cm³/mol. The molecule has 14 heavy (non-hydrogen) atoms. The van der Waals surface area contributed by atoms with Crippen molar-refractivity contribution in [3.63, 3.8) is 0 Å². The van der Waals surface area contributed by atoms with Crippen molar-refractivity contribution < 1.29 is 5.11 Å². The molecule has 1 N–H and O–H groups in total. The molecular formula is C12H11NO. The molecule has 0 spiro atoms. The fourth-order valence-electron chi connectivity index (χ4n) is 0.949. The lowest BCUT2D eigenvalue weighted by Gasteiger charge is -2.00. The van der Waals surface area contributed by atoms with E-state index < -0.39 is 6.10 Å². The highest BCUT2D eigenvalue weighted by Crippen LogP contribution is 2.05. The van der Waals surface area contributed by atoms with Crippen LogP contribution < -0.4 is 0 Å².